The van der Waals surface area contributed by atoms with Crippen LogP contribution in [0, 0.1) is 11.8 Å². The standard InChI is InChI=1S/C17H33NO/c1-2-4-14-5-3-6-16(10-7-14)18-13-15-8-11-17(19)12-9-15/h14-19H,2-13H2,1H3. The monoisotopic (exact) mass is 267 g/mol. The Morgan fingerprint density at radius 1 is 0.895 bits per heavy atom. The molecule has 0 aromatic rings. The Kier molecular flexibility index (Phi) is 6.66. The zero-order chi connectivity index (χ0) is 13.5. The van der Waals surface area contributed by atoms with Gasteiger partial charge in [-0.1, -0.05) is 32.6 Å². The van der Waals surface area contributed by atoms with E-state index < -0.39 is 0 Å². The van der Waals surface area contributed by atoms with Gasteiger partial charge in [0, 0.05) is 6.04 Å². The lowest BCUT2D eigenvalue weighted by Gasteiger charge is -2.27. The third-order valence-electron chi connectivity index (χ3n) is 5.30. The van der Waals surface area contributed by atoms with E-state index in [1.807, 2.05) is 0 Å². The quantitative estimate of drug-likeness (QED) is 0.741. The van der Waals surface area contributed by atoms with E-state index in [1.54, 1.807) is 0 Å². The number of hydrogen-bond acceptors (Lipinski definition) is 2. The highest BCUT2D eigenvalue weighted by atomic mass is 16.3. The molecular weight excluding hydrogens is 234 g/mol. The fourth-order valence-electron chi connectivity index (χ4n) is 3.96. The molecule has 2 nitrogen and oxygen atoms in total. The molecule has 0 radical (unpaired) electrons. The maximum Gasteiger partial charge on any atom is 0.0540 e. The topological polar surface area (TPSA) is 32.3 Å². The molecule has 0 heterocycles. The number of nitrogens with one attached hydrogen (secondary N) is 1. The van der Waals surface area contributed by atoms with Crippen LogP contribution in [0.15, 0.2) is 0 Å². The highest BCUT2D eigenvalue weighted by molar-refractivity contribution is 4.78. The molecule has 2 unspecified atom stereocenters. The average Bonchev–Trinajstić information content (AvgIpc) is 2.64. The number of hydrogen-bond donors (Lipinski definition) is 2. The van der Waals surface area contributed by atoms with Gasteiger partial charge < -0.3 is 10.4 Å². The molecule has 2 atom stereocenters. The molecule has 2 saturated carbocycles. The predicted molar refractivity (Wildman–Crippen MR) is 81.2 cm³/mol. The fraction of sp³-hybridized carbons (Fsp3) is 1.00. The van der Waals surface area contributed by atoms with E-state index in [0.717, 1.165) is 30.7 Å². The Bertz CT molecular complexity index is 235. The first-order chi connectivity index (χ1) is 9.28. The molecule has 0 bridgehead atoms. The average molecular weight is 267 g/mol. The van der Waals surface area contributed by atoms with E-state index in [-0.39, 0.29) is 6.10 Å². The van der Waals surface area contributed by atoms with Gasteiger partial charge in [-0.2, -0.15) is 0 Å². The molecule has 2 aliphatic carbocycles. The minimum absolute atomic E-state index is 0.0102. The van der Waals surface area contributed by atoms with E-state index in [9.17, 15) is 5.11 Å². The molecule has 2 N–H and O–H groups in total. The van der Waals surface area contributed by atoms with Crippen LogP contribution in [0.25, 0.3) is 0 Å². The summed E-state index contributed by atoms with van der Waals surface area (Å²) in [6.45, 7) is 3.51. The van der Waals surface area contributed by atoms with Gasteiger partial charge in [0.05, 0.1) is 6.10 Å². The van der Waals surface area contributed by atoms with Gasteiger partial charge in [-0.05, 0) is 63.3 Å². The number of rotatable bonds is 5. The van der Waals surface area contributed by atoms with Gasteiger partial charge in [-0.3, -0.25) is 0 Å². The Morgan fingerprint density at radius 2 is 1.63 bits per heavy atom. The van der Waals surface area contributed by atoms with Gasteiger partial charge in [-0.15, -0.1) is 0 Å². The first-order valence-corrected chi connectivity index (χ1v) is 8.69. The van der Waals surface area contributed by atoms with Crippen molar-refractivity contribution in [2.75, 3.05) is 6.54 Å². The van der Waals surface area contributed by atoms with Crippen LogP contribution in [0.2, 0.25) is 0 Å². The zero-order valence-corrected chi connectivity index (χ0v) is 12.7. The minimum atomic E-state index is -0.0102. The van der Waals surface area contributed by atoms with Crippen LogP contribution in [0.4, 0.5) is 0 Å². The minimum Gasteiger partial charge on any atom is -0.393 e. The first kappa shape index (κ1) is 15.3. The summed E-state index contributed by atoms with van der Waals surface area (Å²) in [6, 6.07) is 0.772. The van der Waals surface area contributed by atoms with Crippen LogP contribution in [0.1, 0.15) is 77.6 Å². The summed E-state index contributed by atoms with van der Waals surface area (Å²) in [5.41, 5.74) is 0. The third kappa shape index (κ3) is 5.43. The Labute approximate surface area is 119 Å². The molecule has 0 spiro atoms. The van der Waals surface area contributed by atoms with E-state index in [2.05, 4.69) is 12.2 Å². The van der Waals surface area contributed by atoms with Crippen LogP contribution < -0.4 is 5.32 Å². The summed E-state index contributed by atoms with van der Waals surface area (Å²) in [4.78, 5) is 0. The lowest BCUT2D eigenvalue weighted by molar-refractivity contribution is 0.107. The van der Waals surface area contributed by atoms with E-state index in [1.165, 1.54) is 64.3 Å². The Balaban J connectivity index is 1.63. The summed E-state index contributed by atoms with van der Waals surface area (Å²) < 4.78 is 0. The highest BCUT2D eigenvalue weighted by Gasteiger charge is 2.22. The van der Waals surface area contributed by atoms with Crippen LogP contribution in [0.3, 0.4) is 0 Å². The van der Waals surface area contributed by atoms with Gasteiger partial charge in [0.25, 0.3) is 0 Å². The van der Waals surface area contributed by atoms with Crippen molar-refractivity contribution in [3.05, 3.63) is 0 Å². The molecule has 2 fully saturated rings. The van der Waals surface area contributed by atoms with Crippen molar-refractivity contribution in [2.45, 2.75) is 89.7 Å². The van der Waals surface area contributed by atoms with Crippen molar-refractivity contribution >= 4 is 0 Å². The van der Waals surface area contributed by atoms with Gasteiger partial charge in [-0.25, -0.2) is 0 Å². The van der Waals surface area contributed by atoms with Crippen molar-refractivity contribution in [3.8, 4) is 0 Å². The summed E-state index contributed by atoms with van der Waals surface area (Å²) in [5, 5.41) is 13.4. The van der Waals surface area contributed by atoms with E-state index in [4.69, 9.17) is 0 Å². The van der Waals surface area contributed by atoms with E-state index in [0.29, 0.717) is 0 Å². The molecule has 0 aromatic carbocycles. The fourth-order valence-corrected chi connectivity index (χ4v) is 3.96. The number of aliphatic hydroxyl groups excluding tert-OH is 1. The van der Waals surface area contributed by atoms with E-state index >= 15 is 0 Å². The molecule has 0 aromatic heterocycles. The molecule has 0 saturated heterocycles. The highest BCUT2D eigenvalue weighted by Crippen LogP contribution is 2.28. The van der Waals surface area contributed by atoms with Gasteiger partial charge in [0.1, 0.15) is 0 Å². The van der Waals surface area contributed by atoms with Crippen LogP contribution in [-0.2, 0) is 0 Å². The SMILES string of the molecule is CCCC1CCCC(NCC2CCC(O)CC2)CC1. The summed E-state index contributed by atoms with van der Waals surface area (Å²) >= 11 is 0. The van der Waals surface area contributed by atoms with Gasteiger partial charge >= 0.3 is 0 Å². The molecular formula is C17H33NO. The van der Waals surface area contributed by atoms with Crippen molar-refractivity contribution in [1.82, 2.24) is 5.32 Å². The molecule has 19 heavy (non-hydrogen) atoms. The molecule has 0 amide bonds. The van der Waals surface area contributed by atoms with Crippen molar-refractivity contribution in [3.63, 3.8) is 0 Å². The largest absolute Gasteiger partial charge is 0.393 e. The molecule has 0 aliphatic heterocycles. The number of aliphatic hydroxyl groups is 1. The second-order valence-electron chi connectivity index (χ2n) is 6.94. The second-order valence-corrected chi connectivity index (χ2v) is 6.94. The first-order valence-electron chi connectivity index (χ1n) is 8.69. The lowest BCUT2D eigenvalue weighted by atomic mass is 9.87. The summed E-state index contributed by atoms with van der Waals surface area (Å²) in [6.07, 6.45) is 14.4. The molecule has 2 aliphatic rings. The Morgan fingerprint density at radius 3 is 2.37 bits per heavy atom. The van der Waals surface area contributed by atoms with Crippen LogP contribution in [-0.4, -0.2) is 23.8 Å². The van der Waals surface area contributed by atoms with Crippen molar-refractivity contribution < 1.29 is 5.11 Å². The normalized spacial score (nSPS) is 36.9. The summed E-state index contributed by atoms with van der Waals surface area (Å²) in [5.74, 6) is 1.82. The summed E-state index contributed by atoms with van der Waals surface area (Å²) in [7, 11) is 0. The predicted octanol–water partition coefficient (Wildman–Crippen LogP) is 3.88. The van der Waals surface area contributed by atoms with Crippen molar-refractivity contribution in [2.24, 2.45) is 11.8 Å². The van der Waals surface area contributed by atoms with Crippen LogP contribution in [0.5, 0.6) is 0 Å². The van der Waals surface area contributed by atoms with Gasteiger partial charge in [0.2, 0.25) is 0 Å². The van der Waals surface area contributed by atoms with Gasteiger partial charge in [0.15, 0.2) is 0 Å². The van der Waals surface area contributed by atoms with Crippen LogP contribution >= 0.6 is 0 Å². The van der Waals surface area contributed by atoms with Crippen molar-refractivity contribution in [1.29, 1.82) is 0 Å². The molecule has 2 heteroatoms. The third-order valence-corrected chi connectivity index (χ3v) is 5.30. The maximum atomic E-state index is 9.54. The lowest BCUT2D eigenvalue weighted by Crippen LogP contribution is -2.35. The maximum absolute atomic E-state index is 9.54. The molecule has 112 valence electrons. The Hall–Kier alpha value is -0.0800. The molecule has 2 rings (SSSR count). The zero-order valence-electron chi connectivity index (χ0n) is 12.7. The second kappa shape index (κ2) is 8.26. The smallest absolute Gasteiger partial charge is 0.0540 e.